The van der Waals surface area contributed by atoms with Crippen molar-refractivity contribution in [1.82, 2.24) is 4.98 Å². The average Bonchev–Trinajstić information content (AvgIpc) is 3.56. The molecule has 0 aliphatic carbocycles. The Morgan fingerprint density at radius 1 is 1.06 bits per heavy atom. The first-order chi connectivity index (χ1) is 16.0. The van der Waals surface area contributed by atoms with E-state index in [1.165, 1.54) is 5.56 Å². The van der Waals surface area contributed by atoms with Crippen molar-refractivity contribution in [2.75, 3.05) is 18.6 Å². The molecule has 1 aliphatic rings. The molecule has 33 heavy (non-hydrogen) atoms. The first-order valence-electron chi connectivity index (χ1n) is 11.4. The van der Waals surface area contributed by atoms with Crippen molar-refractivity contribution in [1.29, 1.82) is 0 Å². The van der Waals surface area contributed by atoms with E-state index in [0.717, 1.165) is 40.5 Å². The number of methoxy groups -OCH3 is 1. The van der Waals surface area contributed by atoms with Crippen LogP contribution in [0, 0.1) is 13.8 Å². The van der Waals surface area contributed by atoms with Gasteiger partial charge in [-0.3, -0.25) is 0 Å². The summed E-state index contributed by atoms with van der Waals surface area (Å²) in [5, 5.41) is 0. The van der Waals surface area contributed by atoms with Crippen LogP contribution in [0.5, 0.6) is 23.1 Å². The highest BCUT2D eigenvalue weighted by Gasteiger charge is 2.41. The zero-order chi connectivity index (χ0) is 23.4. The van der Waals surface area contributed by atoms with Gasteiger partial charge in [0.05, 0.1) is 13.7 Å². The number of hydrogen-bond donors (Lipinski definition) is 0. The summed E-state index contributed by atoms with van der Waals surface area (Å²) in [6, 6.07) is 15.9. The van der Waals surface area contributed by atoms with Gasteiger partial charge in [-0.25, -0.2) is 4.98 Å². The Morgan fingerprint density at radius 2 is 1.88 bits per heavy atom. The molecule has 1 fully saturated rings. The van der Waals surface area contributed by atoms with Crippen LogP contribution in [-0.2, 0) is 11.3 Å². The molecule has 2 heterocycles. The molecule has 6 nitrogen and oxygen atoms in total. The Labute approximate surface area is 196 Å². The molecule has 1 aromatic heterocycles. The molecule has 0 N–H and O–H groups in total. The first-order valence-corrected chi connectivity index (χ1v) is 11.4. The third-order valence-electron chi connectivity index (χ3n) is 5.88. The fraction of sp³-hybridized carbons (Fsp3) is 0.370. The lowest BCUT2D eigenvalue weighted by Crippen LogP contribution is -2.28. The van der Waals surface area contributed by atoms with Gasteiger partial charge in [0.25, 0.3) is 0 Å². The smallest absolute Gasteiger partial charge is 0.243 e. The van der Waals surface area contributed by atoms with Crippen LogP contribution < -0.4 is 19.1 Å². The monoisotopic (exact) mass is 448 g/mol. The van der Waals surface area contributed by atoms with E-state index in [4.69, 9.17) is 18.9 Å². The quantitative estimate of drug-likeness (QED) is 0.353. The van der Waals surface area contributed by atoms with Gasteiger partial charge < -0.3 is 23.8 Å². The largest absolute Gasteiger partial charge is 0.497 e. The molecular formula is C27H32N2O4. The van der Waals surface area contributed by atoms with Crippen molar-refractivity contribution in [3.8, 4) is 23.1 Å². The van der Waals surface area contributed by atoms with Gasteiger partial charge in [-0.15, -0.1) is 0 Å². The number of hydrogen-bond acceptors (Lipinski definition) is 6. The fourth-order valence-electron chi connectivity index (χ4n) is 3.77. The zero-order valence-electron chi connectivity index (χ0n) is 20.0. The molecule has 1 aliphatic heterocycles. The van der Waals surface area contributed by atoms with Crippen LogP contribution >= 0.6 is 0 Å². The summed E-state index contributed by atoms with van der Waals surface area (Å²) in [6.45, 7) is 9.53. The molecule has 2 aromatic carbocycles. The molecule has 0 saturated carbocycles. The Bertz CT molecular complexity index is 1100. The Kier molecular flexibility index (Phi) is 7.04. The fourth-order valence-corrected chi connectivity index (χ4v) is 3.77. The predicted octanol–water partition coefficient (Wildman–Crippen LogP) is 6.04. The predicted molar refractivity (Wildman–Crippen MR) is 130 cm³/mol. The van der Waals surface area contributed by atoms with E-state index < -0.39 is 0 Å². The molecule has 0 spiro atoms. The molecule has 4 rings (SSSR count). The third-order valence-corrected chi connectivity index (χ3v) is 5.88. The van der Waals surface area contributed by atoms with E-state index in [-0.39, 0.29) is 12.3 Å². The summed E-state index contributed by atoms with van der Waals surface area (Å²) < 4.78 is 23.7. The maximum Gasteiger partial charge on any atom is 0.243 e. The van der Waals surface area contributed by atoms with Gasteiger partial charge in [0.1, 0.15) is 29.0 Å². The summed E-state index contributed by atoms with van der Waals surface area (Å²) in [7, 11) is 1.67. The van der Waals surface area contributed by atoms with Gasteiger partial charge in [0, 0.05) is 18.3 Å². The van der Waals surface area contributed by atoms with Crippen LogP contribution in [0.3, 0.4) is 0 Å². The molecule has 2 unspecified atom stereocenters. The number of aryl methyl sites for hydroxylation is 1. The van der Waals surface area contributed by atoms with E-state index in [1.54, 1.807) is 13.3 Å². The van der Waals surface area contributed by atoms with Gasteiger partial charge in [-0.05, 0) is 74.7 Å². The lowest BCUT2D eigenvalue weighted by molar-refractivity contribution is 0.312. The number of anilines is 1. The minimum Gasteiger partial charge on any atom is -0.497 e. The first kappa shape index (κ1) is 22.9. The summed E-state index contributed by atoms with van der Waals surface area (Å²) >= 11 is 0. The van der Waals surface area contributed by atoms with E-state index >= 15 is 0 Å². The van der Waals surface area contributed by atoms with Gasteiger partial charge in [-0.2, -0.15) is 0 Å². The third kappa shape index (κ3) is 5.22. The highest BCUT2D eigenvalue weighted by Crippen LogP contribution is 2.40. The molecule has 2 atom stereocenters. The van der Waals surface area contributed by atoms with E-state index in [9.17, 15) is 0 Å². The van der Waals surface area contributed by atoms with E-state index in [0.29, 0.717) is 19.0 Å². The molecule has 174 valence electrons. The second-order valence-corrected chi connectivity index (χ2v) is 8.31. The Balaban J connectivity index is 1.70. The number of ether oxygens (including phenoxy) is 4. The van der Waals surface area contributed by atoms with Crippen LogP contribution in [0.1, 0.15) is 37.0 Å². The minimum atomic E-state index is -0.0691. The highest BCUT2D eigenvalue weighted by molar-refractivity contribution is 5.59. The Hall–Kier alpha value is -3.25. The SMILES string of the molecule is CCCOc1ccc(OC)cc1CN(c1cccnc1Oc1cccc(C)c1C)C1OC1C. The molecule has 6 heteroatoms. The minimum absolute atomic E-state index is 0.0691. The average molecular weight is 449 g/mol. The van der Waals surface area contributed by atoms with Gasteiger partial charge in [0.15, 0.2) is 6.23 Å². The summed E-state index contributed by atoms with van der Waals surface area (Å²) in [4.78, 5) is 6.76. The number of aromatic nitrogens is 1. The number of pyridine rings is 1. The summed E-state index contributed by atoms with van der Waals surface area (Å²) in [6.07, 6.45) is 2.74. The van der Waals surface area contributed by atoms with Crippen molar-refractivity contribution < 1.29 is 18.9 Å². The number of nitrogens with zero attached hydrogens (tertiary/aromatic N) is 2. The number of benzene rings is 2. The van der Waals surface area contributed by atoms with E-state index in [1.807, 2.05) is 42.5 Å². The molecule has 3 aromatic rings. The van der Waals surface area contributed by atoms with Crippen molar-refractivity contribution >= 4 is 5.69 Å². The van der Waals surface area contributed by atoms with Crippen molar-refractivity contribution in [2.45, 2.75) is 53.0 Å². The number of rotatable bonds is 10. The second-order valence-electron chi connectivity index (χ2n) is 8.31. The lowest BCUT2D eigenvalue weighted by Gasteiger charge is -2.26. The maximum absolute atomic E-state index is 6.33. The highest BCUT2D eigenvalue weighted by atomic mass is 16.6. The van der Waals surface area contributed by atoms with Crippen molar-refractivity contribution in [3.63, 3.8) is 0 Å². The number of epoxide rings is 1. The van der Waals surface area contributed by atoms with Gasteiger partial charge in [0.2, 0.25) is 5.88 Å². The second kappa shape index (κ2) is 10.1. The van der Waals surface area contributed by atoms with Crippen LogP contribution in [-0.4, -0.2) is 31.0 Å². The van der Waals surface area contributed by atoms with E-state index in [2.05, 4.69) is 43.6 Å². The normalized spacial score (nSPS) is 16.9. The summed E-state index contributed by atoms with van der Waals surface area (Å²) in [5.41, 5.74) is 4.17. The van der Waals surface area contributed by atoms with Gasteiger partial charge in [-0.1, -0.05) is 19.1 Å². The topological polar surface area (TPSA) is 56.4 Å². The molecule has 0 amide bonds. The summed E-state index contributed by atoms with van der Waals surface area (Å²) in [5.74, 6) is 2.98. The zero-order valence-corrected chi connectivity index (χ0v) is 20.0. The van der Waals surface area contributed by atoms with Crippen molar-refractivity contribution in [2.24, 2.45) is 0 Å². The van der Waals surface area contributed by atoms with Crippen LogP contribution in [0.25, 0.3) is 0 Å². The Morgan fingerprint density at radius 3 is 2.61 bits per heavy atom. The molecule has 1 saturated heterocycles. The van der Waals surface area contributed by atoms with Crippen LogP contribution in [0.2, 0.25) is 0 Å². The van der Waals surface area contributed by atoms with Crippen LogP contribution in [0.4, 0.5) is 5.69 Å². The van der Waals surface area contributed by atoms with Gasteiger partial charge >= 0.3 is 0 Å². The molecule has 0 radical (unpaired) electrons. The maximum atomic E-state index is 6.33. The van der Waals surface area contributed by atoms with Crippen molar-refractivity contribution in [3.05, 3.63) is 71.4 Å². The lowest BCUT2D eigenvalue weighted by atomic mass is 10.1. The molecular weight excluding hydrogens is 416 g/mol. The standard InChI is InChI=1S/C27H32N2O4/c1-6-15-31-25-13-12-22(30-5)16-21(25)17-29(27-20(4)32-27)23-10-8-14-28-26(23)33-24-11-7-9-18(2)19(24)3/h7-14,16,20,27H,6,15,17H2,1-5H3. The van der Waals surface area contributed by atoms with Crippen LogP contribution in [0.15, 0.2) is 54.7 Å². The molecule has 0 bridgehead atoms.